The Kier molecular flexibility index (Phi) is 5.22. The molecule has 0 unspecified atom stereocenters. The third-order valence-electron chi connectivity index (χ3n) is 4.03. The molecule has 0 aliphatic rings. The number of hydrogen-bond donors (Lipinski definition) is 1. The molecule has 0 atom stereocenters. The molecule has 0 aliphatic heterocycles. The average molecular weight is 438 g/mol. The van der Waals surface area contributed by atoms with Crippen LogP contribution >= 0.6 is 15.9 Å². The number of aromatic nitrogens is 3. The Morgan fingerprint density at radius 3 is 2.63 bits per heavy atom. The van der Waals surface area contributed by atoms with Crippen molar-refractivity contribution in [2.75, 3.05) is 0 Å². The minimum absolute atomic E-state index is 0.0796. The summed E-state index contributed by atoms with van der Waals surface area (Å²) in [6, 6.07) is 4.15. The van der Waals surface area contributed by atoms with E-state index >= 15 is 0 Å². The van der Waals surface area contributed by atoms with Gasteiger partial charge in [0.2, 0.25) is 0 Å². The number of benzene rings is 1. The van der Waals surface area contributed by atoms with Crippen LogP contribution in [0.3, 0.4) is 0 Å². The SMILES string of the molecule is Cn1cnc(Cn2cc(C(=O)O)c(Cc3ccc(Br)cc3F)c(F)c2=O)c1. The van der Waals surface area contributed by atoms with Crippen LogP contribution in [0.5, 0.6) is 0 Å². The number of imidazole rings is 1. The van der Waals surface area contributed by atoms with Gasteiger partial charge in [0.1, 0.15) is 5.82 Å². The van der Waals surface area contributed by atoms with E-state index in [1.54, 1.807) is 23.9 Å². The van der Waals surface area contributed by atoms with Gasteiger partial charge in [-0.2, -0.15) is 0 Å². The van der Waals surface area contributed by atoms with Crippen LogP contribution in [-0.4, -0.2) is 25.2 Å². The second-order valence-electron chi connectivity index (χ2n) is 6.02. The quantitative estimate of drug-likeness (QED) is 0.665. The lowest BCUT2D eigenvalue weighted by Gasteiger charge is -2.12. The van der Waals surface area contributed by atoms with Gasteiger partial charge in [-0.1, -0.05) is 22.0 Å². The third kappa shape index (κ3) is 3.97. The normalized spacial score (nSPS) is 11.0. The fourth-order valence-corrected chi connectivity index (χ4v) is 3.05. The Bertz CT molecular complexity index is 1090. The van der Waals surface area contributed by atoms with Gasteiger partial charge in [0, 0.05) is 35.9 Å². The molecule has 27 heavy (non-hydrogen) atoms. The van der Waals surface area contributed by atoms with Crippen LogP contribution in [0.15, 0.2) is 46.2 Å². The van der Waals surface area contributed by atoms with Crippen molar-refractivity contribution in [2.24, 2.45) is 7.05 Å². The Balaban J connectivity index is 2.07. The van der Waals surface area contributed by atoms with Gasteiger partial charge >= 0.3 is 5.97 Å². The summed E-state index contributed by atoms with van der Waals surface area (Å²) in [5, 5.41) is 9.46. The van der Waals surface area contributed by atoms with E-state index in [0.717, 1.165) is 10.8 Å². The Labute approximate surface area is 160 Å². The largest absolute Gasteiger partial charge is 0.478 e. The van der Waals surface area contributed by atoms with E-state index < -0.39 is 28.7 Å². The number of halogens is 3. The van der Waals surface area contributed by atoms with E-state index in [2.05, 4.69) is 20.9 Å². The fraction of sp³-hybridized carbons (Fsp3) is 0.167. The molecule has 2 aromatic heterocycles. The zero-order valence-electron chi connectivity index (χ0n) is 14.1. The minimum Gasteiger partial charge on any atom is -0.478 e. The summed E-state index contributed by atoms with van der Waals surface area (Å²) in [6.45, 7) is -0.0796. The second-order valence-corrected chi connectivity index (χ2v) is 6.93. The molecule has 0 aliphatic carbocycles. The second kappa shape index (κ2) is 7.43. The van der Waals surface area contributed by atoms with Gasteiger partial charge in [0.15, 0.2) is 5.82 Å². The van der Waals surface area contributed by atoms with Gasteiger partial charge in [-0.05, 0) is 17.7 Å². The molecule has 3 aromatic rings. The van der Waals surface area contributed by atoms with Gasteiger partial charge in [0.05, 0.1) is 24.1 Å². The fourth-order valence-electron chi connectivity index (χ4n) is 2.72. The summed E-state index contributed by atoms with van der Waals surface area (Å²) >= 11 is 3.12. The predicted octanol–water partition coefficient (Wildman–Crippen LogP) is 2.96. The van der Waals surface area contributed by atoms with E-state index in [1.807, 2.05) is 0 Å². The number of hydrogen-bond acceptors (Lipinski definition) is 3. The van der Waals surface area contributed by atoms with Crippen LogP contribution in [0.2, 0.25) is 0 Å². The number of carboxylic acids is 1. The number of aromatic carboxylic acids is 1. The number of pyridine rings is 1. The van der Waals surface area contributed by atoms with E-state index in [-0.39, 0.29) is 24.1 Å². The number of rotatable bonds is 5. The van der Waals surface area contributed by atoms with Crippen LogP contribution < -0.4 is 5.56 Å². The molecule has 0 radical (unpaired) electrons. The maximum atomic E-state index is 14.7. The Morgan fingerprint density at radius 2 is 2.04 bits per heavy atom. The van der Waals surface area contributed by atoms with Crippen LogP contribution in [-0.2, 0) is 20.0 Å². The topological polar surface area (TPSA) is 77.1 Å². The van der Waals surface area contributed by atoms with Crippen molar-refractivity contribution >= 4 is 21.9 Å². The van der Waals surface area contributed by atoms with Crippen LogP contribution in [0.25, 0.3) is 0 Å². The molecular formula is C18H14BrF2N3O3. The number of nitrogens with zero attached hydrogens (tertiary/aromatic N) is 3. The molecule has 0 saturated carbocycles. The molecule has 0 fully saturated rings. The first-order chi connectivity index (χ1) is 12.8. The van der Waals surface area contributed by atoms with Gasteiger partial charge in [-0.15, -0.1) is 0 Å². The Morgan fingerprint density at radius 1 is 1.30 bits per heavy atom. The first kappa shape index (κ1) is 19.0. The minimum atomic E-state index is -1.41. The third-order valence-corrected chi connectivity index (χ3v) is 4.52. The smallest absolute Gasteiger partial charge is 0.337 e. The van der Waals surface area contributed by atoms with Crippen molar-refractivity contribution in [3.63, 3.8) is 0 Å². The van der Waals surface area contributed by atoms with Crippen LogP contribution in [0, 0.1) is 11.6 Å². The van der Waals surface area contributed by atoms with E-state index in [1.165, 1.54) is 18.5 Å². The summed E-state index contributed by atoms with van der Waals surface area (Å²) in [6.07, 6.45) is 3.86. The van der Waals surface area contributed by atoms with Crippen LogP contribution in [0.1, 0.15) is 27.2 Å². The highest BCUT2D eigenvalue weighted by molar-refractivity contribution is 9.10. The van der Waals surface area contributed by atoms with Crippen molar-refractivity contribution in [2.45, 2.75) is 13.0 Å². The molecule has 1 aromatic carbocycles. The molecule has 140 valence electrons. The number of aryl methyl sites for hydroxylation is 1. The van der Waals surface area contributed by atoms with E-state index in [4.69, 9.17) is 0 Å². The van der Waals surface area contributed by atoms with E-state index in [0.29, 0.717) is 10.2 Å². The highest BCUT2D eigenvalue weighted by atomic mass is 79.9. The van der Waals surface area contributed by atoms with E-state index in [9.17, 15) is 23.5 Å². The molecule has 0 amide bonds. The van der Waals surface area contributed by atoms with Gasteiger partial charge in [0.25, 0.3) is 5.56 Å². The monoisotopic (exact) mass is 437 g/mol. The zero-order valence-corrected chi connectivity index (χ0v) is 15.7. The summed E-state index contributed by atoms with van der Waals surface area (Å²) < 4.78 is 31.9. The highest BCUT2D eigenvalue weighted by Crippen LogP contribution is 2.21. The molecule has 0 saturated heterocycles. The molecule has 1 N–H and O–H groups in total. The Hall–Kier alpha value is -2.81. The summed E-state index contributed by atoms with van der Waals surface area (Å²) in [4.78, 5) is 28.0. The highest BCUT2D eigenvalue weighted by Gasteiger charge is 2.22. The van der Waals surface area contributed by atoms with Crippen molar-refractivity contribution < 1.29 is 18.7 Å². The first-order valence-corrected chi connectivity index (χ1v) is 8.61. The van der Waals surface area contributed by atoms with Crippen molar-refractivity contribution in [3.8, 4) is 0 Å². The molecule has 3 rings (SSSR count). The lowest BCUT2D eigenvalue weighted by molar-refractivity contribution is 0.0694. The molecule has 0 spiro atoms. The number of carbonyl (C=O) groups is 1. The summed E-state index contributed by atoms with van der Waals surface area (Å²) in [5.41, 5.74) is -1.18. The molecular weight excluding hydrogens is 424 g/mol. The standard InChI is InChI=1S/C18H14BrF2N3O3/c1-23-6-12(22-9-23)7-24-8-14(18(26)27)13(16(21)17(24)25)4-10-2-3-11(19)5-15(10)20/h2-3,5-6,8-9H,4,7H2,1H3,(H,26,27). The lowest BCUT2D eigenvalue weighted by Crippen LogP contribution is -2.28. The van der Waals surface area contributed by atoms with Crippen LogP contribution in [0.4, 0.5) is 8.78 Å². The molecule has 0 bridgehead atoms. The molecule has 6 nitrogen and oxygen atoms in total. The van der Waals surface area contributed by atoms with Crippen molar-refractivity contribution in [1.29, 1.82) is 0 Å². The van der Waals surface area contributed by atoms with Crippen molar-refractivity contribution in [1.82, 2.24) is 14.1 Å². The predicted molar refractivity (Wildman–Crippen MR) is 96.8 cm³/mol. The maximum absolute atomic E-state index is 14.7. The number of carboxylic acid groups (broad SMARTS) is 1. The van der Waals surface area contributed by atoms with Gasteiger partial charge < -0.3 is 14.2 Å². The zero-order chi connectivity index (χ0) is 19.7. The summed E-state index contributed by atoms with van der Waals surface area (Å²) in [7, 11) is 1.73. The summed E-state index contributed by atoms with van der Waals surface area (Å²) in [5.74, 6) is -3.25. The lowest BCUT2D eigenvalue weighted by atomic mass is 10.0. The van der Waals surface area contributed by atoms with Gasteiger partial charge in [-0.3, -0.25) is 4.79 Å². The molecule has 2 heterocycles. The van der Waals surface area contributed by atoms with Gasteiger partial charge in [-0.25, -0.2) is 18.6 Å². The van der Waals surface area contributed by atoms with Crippen molar-refractivity contribution in [3.05, 3.63) is 85.8 Å². The average Bonchev–Trinajstić information content (AvgIpc) is 3.01. The maximum Gasteiger partial charge on any atom is 0.337 e. The first-order valence-electron chi connectivity index (χ1n) is 7.82. The molecule has 9 heteroatoms.